The van der Waals surface area contributed by atoms with E-state index in [1.54, 1.807) is 0 Å². The predicted molar refractivity (Wildman–Crippen MR) is 68.6 cm³/mol. The van der Waals surface area contributed by atoms with Gasteiger partial charge >= 0.3 is 5.97 Å². The van der Waals surface area contributed by atoms with Crippen molar-refractivity contribution >= 4 is 5.97 Å². The minimum Gasteiger partial charge on any atom is -0.481 e. The van der Waals surface area contributed by atoms with Crippen LogP contribution in [0.5, 0.6) is 0 Å². The van der Waals surface area contributed by atoms with Gasteiger partial charge in [-0.05, 0) is 12.8 Å². The normalized spacial score (nSPS) is 12.6. The monoisotopic (exact) mass is 228 g/mol. The molecule has 0 unspecified atom stereocenters. The summed E-state index contributed by atoms with van der Waals surface area (Å²) in [5.74, 6) is -0.731. The molecule has 0 amide bonds. The Labute approximate surface area is 100 Å². The van der Waals surface area contributed by atoms with Crippen LogP contribution in [0, 0.1) is 5.92 Å². The maximum Gasteiger partial charge on any atom is 0.306 e. The van der Waals surface area contributed by atoms with E-state index in [9.17, 15) is 4.79 Å². The van der Waals surface area contributed by atoms with Gasteiger partial charge in [-0.1, -0.05) is 65.2 Å². The van der Waals surface area contributed by atoms with Gasteiger partial charge in [0.25, 0.3) is 0 Å². The van der Waals surface area contributed by atoms with Crippen LogP contribution < -0.4 is 0 Å². The van der Waals surface area contributed by atoms with Crippen molar-refractivity contribution in [3.05, 3.63) is 0 Å². The highest BCUT2D eigenvalue weighted by Crippen LogP contribution is 2.15. The second-order valence-electron chi connectivity index (χ2n) is 4.71. The second kappa shape index (κ2) is 11.0. The molecule has 1 atom stereocenters. The molecule has 2 nitrogen and oxygen atoms in total. The Morgan fingerprint density at radius 1 is 0.938 bits per heavy atom. The van der Waals surface area contributed by atoms with Gasteiger partial charge in [0.15, 0.2) is 0 Å². The lowest BCUT2D eigenvalue weighted by Gasteiger charge is -2.08. The molecule has 0 radical (unpaired) electrons. The molecule has 0 aromatic heterocycles. The van der Waals surface area contributed by atoms with Gasteiger partial charge in [0, 0.05) is 0 Å². The molecule has 0 aliphatic rings. The Morgan fingerprint density at radius 3 is 1.88 bits per heavy atom. The Morgan fingerprint density at radius 2 is 1.44 bits per heavy atom. The van der Waals surface area contributed by atoms with Crippen LogP contribution in [0.2, 0.25) is 0 Å². The molecule has 0 spiro atoms. The quantitative estimate of drug-likeness (QED) is 0.523. The molecule has 0 rings (SSSR count). The third-order valence-electron chi connectivity index (χ3n) is 3.25. The highest BCUT2D eigenvalue weighted by molar-refractivity contribution is 5.69. The van der Waals surface area contributed by atoms with E-state index in [1.807, 2.05) is 6.92 Å². The van der Waals surface area contributed by atoms with Crippen LogP contribution in [0.1, 0.15) is 78.1 Å². The zero-order valence-electron chi connectivity index (χ0n) is 11.0. The number of hydrogen-bond donors (Lipinski definition) is 1. The third-order valence-corrected chi connectivity index (χ3v) is 3.25. The smallest absolute Gasteiger partial charge is 0.306 e. The van der Waals surface area contributed by atoms with Gasteiger partial charge in [0.2, 0.25) is 0 Å². The number of carbonyl (C=O) groups is 1. The summed E-state index contributed by atoms with van der Waals surface area (Å²) in [5.41, 5.74) is 0. The largest absolute Gasteiger partial charge is 0.481 e. The lowest BCUT2D eigenvalue weighted by Crippen LogP contribution is -2.12. The number of hydrogen-bond acceptors (Lipinski definition) is 1. The molecule has 0 aromatic carbocycles. The molecule has 0 aromatic rings. The highest BCUT2D eigenvalue weighted by Gasteiger charge is 2.13. The van der Waals surface area contributed by atoms with E-state index < -0.39 is 5.97 Å². The number of rotatable bonds is 11. The lowest BCUT2D eigenvalue weighted by molar-refractivity contribution is -0.142. The zero-order valence-corrected chi connectivity index (χ0v) is 11.0. The van der Waals surface area contributed by atoms with Crippen LogP contribution in [0.25, 0.3) is 0 Å². The van der Waals surface area contributed by atoms with E-state index in [2.05, 4.69) is 6.92 Å². The molecule has 0 aliphatic heterocycles. The van der Waals surface area contributed by atoms with E-state index >= 15 is 0 Å². The van der Waals surface area contributed by atoms with Crippen molar-refractivity contribution in [3.63, 3.8) is 0 Å². The van der Waals surface area contributed by atoms with Gasteiger partial charge in [-0.15, -0.1) is 0 Å². The summed E-state index contributed by atoms with van der Waals surface area (Å²) < 4.78 is 0. The van der Waals surface area contributed by atoms with Crippen molar-refractivity contribution in [1.29, 1.82) is 0 Å². The molecule has 0 saturated heterocycles. The van der Waals surface area contributed by atoms with Gasteiger partial charge in [-0.25, -0.2) is 0 Å². The summed E-state index contributed by atoms with van der Waals surface area (Å²) in [6.07, 6.45) is 11.9. The fraction of sp³-hybridized carbons (Fsp3) is 0.929. The Bertz CT molecular complexity index is 166. The van der Waals surface area contributed by atoms with Crippen LogP contribution in [0.3, 0.4) is 0 Å². The summed E-state index contributed by atoms with van der Waals surface area (Å²) >= 11 is 0. The van der Waals surface area contributed by atoms with Crippen LogP contribution >= 0.6 is 0 Å². The summed E-state index contributed by atoms with van der Waals surface area (Å²) in [7, 11) is 0. The summed E-state index contributed by atoms with van der Waals surface area (Å²) in [5, 5.41) is 8.87. The summed E-state index contributed by atoms with van der Waals surface area (Å²) in [6.45, 7) is 4.19. The van der Waals surface area contributed by atoms with Crippen molar-refractivity contribution < 1.29 is 9.90 Å². The standard InChI is InChI=1S/C14H28O2/c1-3-5-6-7-8-9-10-11-12-13(4-2)14(15)16/h13H,3-12H2,1-2H3,(H,15,16)/t13-/m0/s1. The Kier molecular flexibility index (Phi) is 10.6. The molecular formula is C14H28O2. The average Bonchev–Trinajstić information content (AvgIpc) is 2.26. The van der Waals surface area contributed by atoms with Crippen LogP contribution in [-0.2, 0) is 4.79 Å². The molecule has 0 fully saturated rings. The maximum absolute atomic E-state index is 10.8. The molecule has 0 bridgehead atoms. The van der Waals surface area contributed by atoms with Crippen molar-refractivity contribution in [1.82, 2.24) is 0 Å². The molecule has 1 N–H and O–H groups in total. The minimum atomic E-state index is -0.620. The van der Waals surface area contributed by atoms with Crippen LogP contribution in [0.4, 0.5) is 0 Å². The highest BCUT2D eigenvalue weighted by atomic mass is 16.4. The van der Waals surface area contributed by atoms with Crippen molar-refractivity contribution in [3.8, 4) is 0 Å². The van der Waals surface area contributed by atoms with Crippen molar-refractivity contribution in [2.45, 2.75) is 78.1 Å². The van der Waals surface area contributed by atoms with E-state index in [4.69, 9.17) is 5.11 Å². The van der Waals surface area contributed by atoms with Crippen molar-refractivity contribution in [2.75, 3.05) is 0 Å². The van der Waals surface area contributed by atoms with Crippen LogP contribution in [0.15, 0.2) is 0 Å². The summed E-state index contributed by atoms with van der Waals surface area (Å²) in [4.78, 5) is 10.8. The Hall–Kier alpha value is -0.530. The summed E-state index contributed by atoms with van der Waals surface area (Å²) in [6, 6.07) is 0. The molecule has 0 heterocycles. The van der Waals surface area contributed by atoms with E-state index in [0.717, 1.165) is 19.3 Å². The first-order valence-electron chi connectivity index (χ1n) is 6.95. The van der Waals surface area contributed by atoms with Gasteiger partial charge in [-0.2, -0.15) is 0 Å². The first-order chi connectivity index (χ1) is 7.72. The topological polar surface area (TPSA) is 37.3 Å². The molecule has 96 valence electrons. The first-order valence-corrected chi connectivity index (χ1v) is 6.95. The third kappa shape index (κ3) is 8.75. The number of aliphatic carboxylic acids is 1. The fourth-order valence-corrected chi connectivity index (χ4v) is 2.03. The fourth-order valence-electron chi connectivity index (χ4n) is 2.03. The molecular weight excluding hydrogens is 200 g/mol. The number of unbranched alkanes of at least 4 members (excludes halogenated alkanes) is 7. The van der Waals surface area contributed by atoms with Gasteiger partial charge < -0.3 is 5.11 Å². The predicted octanol–water partition coefficient (Wildman–Crippen LogP) is 4.63. The van der Waals surface area contributed by atoms with Gasteiger partial charge in [-0.3, -0.25) is 4.79 Å². The maximum atomic E-state index is 10.8. The first kappa shape index (κ1) is 15.5. The molecule has 0 saturated carbocycles. The Balaban J connectivity index is 3.22. The molecule has 2 heteroatoms. The lowest BCUT2D eigenvalue weighted by atomic mass is 9.98. The van der Waals surface area contributed by atoms with Gasteiger partial charge in [0.05, 0.1) is 5.92 Å². The van der Waals surface area contributed by atoms with E-state index in [1.165, 1.54) is 44.9 Å². The number of carboxylic acids is 1. The SMILES string of the molecule is CCCCCCCCCC[C@H](CC)C(=O)O. The number of carboxylic acid groups (broad SMARTS) is 1. The van der Waals surface area contributed by atoms with Crippen LogP contribution in [-0.4, -0.2) is 11.1 Å². The van der Waals surface area contributed by atoms with Gasteiger partial charge in [0.1, 0.15) is 0 Å². The minimum absolute atomic E-state index is 0.111. The second-order valence-corrected chi connectivity index (χ2v) is 4.71. The zero-order chi connectivity index (χ0) is 12.2. The molecule has 16 heavy (non-hydrogen) atoms. The average molecular weight is 228 g/mol. The van der Waals surface area contributed by atoms with Crippen molar-refractivity contribution in [2.24, 2.45) is 5.92 Å². The van der Waals surface area contributed by atoms with E-state index in [-0.39, 0.29) is 5.92 Å². The molecule has 0 aliphatic carbocycles. The van der Waals surface area contributed by atoms with E-state index in [0.29, 0.717) is 0 Å².